The van der Waals surface area contributed by atoms with Gasteiger partial charge >= 0.3 is 0 Å². The van der Waals surface area contributed by atoms with E-state index in [4.69, 9.17) is 5.73 Å². The Morgan fingerprint density at radius 2 is 2.50 bits per heavy atom. The lowest BCUT2D eigenvalue weighted by molar-refractivity contribution is -0.126. The molecule has 4 heteroatoms. The van der Waals surface area contributed by atoms with Crippen molar-refractivity contribution in [1.82, 2.24) is 5.48 Å². The van der Waals surface area contributed by atoms with E-state index < -0.39 is 0 Å². The Balaban J connectivity index is 3.33. The van der Waals surface area contributed by atoms with Crippen LogP contribution in [0.3, 0.4) is 0 Å². The zero-order chi connectivity index (χ0) is 6.41. The van der Waals surface area contributed by atoms with Gasteiger partial charge in [-0.15, -0.1) is 0 Å². The zero-order valence-corrected chi connectivity index (χ0v) is 4.55. The average Bonchev–Trinajstić information content (AvgIpc) is 1.68. The van der Waals surface area contributed by atoms with Crippen LogP contribution in [0.1, 0.15) is 0 Å². The van der Waals surface area contributed by atoms with E-state index in [9.17, 15) is 4.79 Å². The van der Waals surface area contributed by atoms with Gasteiger partial charge in [-0.2, -0.15) is 0 Å². The summed E-state index contributed by atoms with van der Waals surface area (Å²) in [5.41, 5.74) is 6.90. The first-order chi connectivity index (χ1) is 3.81. The minimum atomic E-state index is -0.366. The van der Waals surface area contributed by atoms with Gasteiger partial charge in [-0.05, 0) is 6.20 Å². The van der Waals surface area contributed by atoms with Crippen LogP contribution in [0.4, 0.5) is 0 Å². The van der Waals surface area contributed by atoms with Crippen LogP contribution in [-0.2, 0) is 9.63 Å². The second kappa shape index (κ2) is 4.14. The largest absolute Gasteiger partial charge is 0.404 e. The Kier molecular flexibility index (Phi) is 3.60. The predicted molar refractivity (Wildman–Crippen MR) is 28.5 cm³/mol. The lowest BCUT2D eigenvalue weighted by atomic mass is 10.6. The molecule has 3 N–H and O–H groups in total. The Morgan fingerprint density at radius 3 is 2.88 bits per heavy atom. The Labute approximate surface area is 47.3 Å². The summed E-state index contributed by atoms with van der Waals surface area (Å²) in [4.78, 5) is 14.5. The highest BCUT2D eigenvalue weighted by atomic mass is 16.6. The summed E-state index contributed by atoms with van der Waals surface area (Å²) in [6.07, 6.45) is 2.29. The van der Waals surface area contributed by atoms with E-state index in [1.54, 1.807) is 0 Å². The molecule has 1 amide bonds. The second-order valence-corrected chi connectivity index (χ2v) is 1.03. The fourth-order valence-electron chi connectivity index (χ4n) is 0.222. The van der Waals surface area contributed by atoms with Crippen molar-refractivity contribution in [3.63, 3.8) is 0 Å². The molecule has 0 aliphatic rings. The molecule has 0 atom stereocenters. The van der Waals surface area contributed by atoms with Crippen LogP contribution in [0.2, 0.25) is 0 Å². The maximum atomic E-state index is 10.2. The molecule has 8 heavy (non-hydrogen) atoms. The first kappa shape index (κ1) is 6.97. The highest BCUT2D eigenvalue weighted by Gasteiger charge is 1.86. The number of hydrogen-bond donors (Lipinski definition) is 2. The highest BCUT2D eigenvalue weighted by Crippen LogP contribution is 1.64. The van der Waals surface area contributed by atoms with Gasteiger partial charge in [0.25, 0.3) is 5.91 Å². The number of amides is 1. The van der Waals surface area contributed by atoms with Crippen molar-refractivity contribution in [3.8, 4) is 0 Å². The average molecular weight is 116 g/mol. The molecule has 0 aromatic rings. The topological polar surface area (TPSA) is 64.3 Å². The first-order valence-electron chi connectivity index (χ1n) is 2.02. The summed E-state index contributed by atoms with van der Waals surface area (Å²) in [6, 6.07) is 0. The third kappa shape index (κ3) is 3.17. The smallest absolute Gasteiger partial charge is 0.268 e. The minimum Gasteiger partial charge on any atom is -0.404 e. The minimum absolute atomic E-state index is 0.366. The Hall–Kier alpha value is -1.03. The van der Waals surface area contributed by atoms with Crippen LogP contribution in [0.15, 0.2) is 12.3 Å². The number of rotatable bonds is 2. The van der Waals surface area contributed by atoms with E-state index >= 15 is 0 Å². The molecule has 0 aliphatic heterocycles. The molecule has 0 unspecified atom stereocenters. The molecule has 0 saturated carbocycles. The number of hydrogen-bond acceptors (Lipinski definition) is 3. The fourth-order valence-corrected chi connectivity index (χ4v) is 0.222. The van der Waals surface area contributed by atoms with Crippen LogP contribution in [0.25, 0.3) is 0 Å². The third-order valence-corrected chi connectivity index (χ3v) is 0.450. The summed E-state index contributed by atoms with van der Waals surface area (Å²) in [5, 5.41) is 0. The van der Waals surface area contributed by atoms with Crippen molar-refractivity contribution >= 4 is 5.91 Å². The molecule has 0 spiro atoms. The van der Waals surface area contributed by atoms with E-state index in [-0.39, 0.29) is 5.91 Å². The number of carbonyl (C=O) groups is 1. The predicted octanol–water partition coefficient (Wildman–Crippen LogP) is -0.864. The van der Waals surface area contributed by atoms with Crippen molar-refractivity contribution < 1.29 is 9.63 Å². The van der Waals surface area contributed by atoms with Crippen molar-refractivity contribution in [2.24, 2.45) is 5.73 Å². The third-order valence-electron chi connectivity index (χ3n) is 0.450. The summed E-state index contributed by atoms with van der Waals surface area (Å²) in [6.45, 7) is 0. The standard InChI is InChI=1S/C4H8N2O2/c1-8-6-4(7)2-3-5/h2-3H,5H2,1H3,(H,6,7)/b3-2-. The van der Waals surface area contributed by atoms with Gasteiger partial charge < -0.3 is 5.73 Å². The summed E-state index contributed by atoms with van der Waals surface area (Å²) in [7, 11) is 1.35. The molecular weight excluding hydrogens is 108 g/mol. The lowest BCUT2D eigenvalue weighted by Crippen LogP contribution is -2.19. The fraction of sp³-hybridized carbons (Fsp3) is 0.250. The molecule has 0 aromatic carbocycles. The molecule has 0 rings (SSSR count). The molecular formula is C4H8N2O2. The van der Waals surface area contributed by atoms with E-state index in [0.29, 0.717) is 0 Å². The highest BCUT2D eigenvalue weighted by molar-refractivity contribution is 5.86. The molecule has 0 radical (unpaired) electrons. The van der Waals surface area contributed by atoms with Gasteiger partial charge in [0.15, 0.2) is 0 Å². The number of nitrogens with one attached hydrogen (secondary N) is 1. The number of hydroxylamine groups is 1. The van der Waals surface area contributed by atoms with E-state index in [1.165, 1.54) is 7.11 Å². The van der Waals surface area contributed by atoms with Gasteiger partial charge in [-0.25, -0.2) is 5.48 Å². The summed E-state index contributed by atoms with van der Waals surface area (Å²) < 4.78 is 0. The van der Waals surface area contributed by atoms with Gasteiger partial charge in [0.2, 0.25) is 0 Å². The molecule has 0 heterocycles. The molecule has 4 nitrogen and oxygen atoms in total. The number of nitrogens with two attached hydrogens (primary N) is 1. The first-order valence-corrected chi connectivity index (χ1v) is 2.02. The summed E-state index contributed by atoms with van der Waals surface area (Å²) >= 11 is 0. The quantitative estimate of drug-likeness (QED) is 0.364. The maximum Gasteiger partial charge on any atom is 0.268 e. The molecule has 0 aliphatic carbocycles. The molecule has 0 saturated heterocycles. The van der Waals surface area contributed by atoms with Gasteiger partial charge in [0, 0.05) is 6.08 Å². The zero-order valence-electron chi connectivity index (χ0n) is 4.55. The van der Waals surface area contributed by atoms with Crippen molar-refractivity contribution in [2.45, 2.75) is 0 Å². The van der Waals surface area contributed by atoms with Crippen LogP contribution in [-0.4, -0.2) is 13.0 Å². The van der Waals surface area contributed by atoms with E-state index in [0.717, 1.165) is 12.3 Å². The van der Waals surface area contributed by atoms with Gasteiger partial charge in [-0.3, -0.25) is 9.63 Å². The van der Waals surface area contributed by atoms with Gasteiger partial charge in [0.05, 0.1) is 7.11 Å². The van der Waals surface area contributed by atoms with Crippen molar-refractivity contribution in [1.29, 1.82) is 0 Å². The van der Waals surface area contributed by atoms with E-state index in [2.05, 4.69) is 4.84 Å². The number of carbonyl (C=O) groups excluding carboxylic acids is 1. The molecule has 0 bridgehead atoms. The van der Waals surface area contributed by atoms with Crippen LogP contribution in [0, 0.1) is 0 Å². The van der Waals surface area contributed by atoms with Crippen molar-refractivity contribution in [2.75, 3.05) is 7.11 Å². The maximum absolute atomic E-state index is 10.2. The second-order valence-electron chi connectivity index (χ2n) is 1.03. The van der Waals surface area contributed by atoms with Gasteiger partial charge in [0.1, 0.15) is 0 Å². The normalized spacial score (nSPS) is 9.62. The molecule has 0 aromatic heterocycles. The van der Waals surface area contributed by atoms with Gasteiger partial charge in [-0.1, -0.05) is 0 Å². The Morgan fingerprint density at radius 1 is 1.88 bits per heavy atom. The van der Waals surface area contributed by atoms with E-state index in [1.807, 2.05) is 5.48 Å². The summed E-state index contributed by atoms with van der Waals surface area (Å²) in [5.74, 6) is -0.366. The molecule has 46 valence electrons. The Bertz CT molecular complexity index is 100. The van der Waals surface area contributed by atoms with Crippen molar-refractivity contribution in [3.05, 3.63) is 12.3 Å². The molecule has 0 fully saturated rings. The van der Waals surface area contributed by atoms with Crippen LogP contribution < -0.4 is 11.2 Å². The lowest BCUT2D eigenvalue weighted by Gasteiger charge is -1.92. The van der Waals surface area contributed by atoms with Crippen LogP contribution in [0.5, 0.6) is 0 Å². The monoisotopic (exact) mass is 116 g/mol. The van der Waals surface area contributed by atoms with Crippen LogP contribution >= 0.6 is 0 Å². The SMILES string of the molecule is CONC(=O)/C=C\N.